The van der Waals surface area contributed by atoms with Crippen LogP contribution in [-0.2, 0) is 6.54 Å². The maximum absolute atomic E-state index is 4.79. The van der Waals surface area contributed by atoms with Crippen LogP contribution in [0.4, 0.5) is 5.95 Å². The van der Waals surface area contributed by atoms with E-state index in [1.54, 1.807) is 0 Å². The molecule has 0 spiro atoms. The quantitative estimate of drug-likeness (QED) is 0.861. The fraction of sp³-hybridized carbons (Fsp3) is 0.556. The summed E-state index contributed by atoms with van der Waals surface area (Å²) in [7, 11) is 4.15. The van der Waals surface area contributed by atoms with Crippen LogP contribution in [0.5, 0.6) is 0 Å². The van der Waals surface area contributed by atoms with Gasteiger partial charge in [0, 0.05) is 36.2 Å². The molecule has 2 aromatic heterocycles. The summed E-state index contributed by atoms with van der Waals surface area (Å²) in [6, 6.07) is 2.24. The van der Waals surface area contributed by atoms with Crippen LogP contribution < -0.4 is 4.90 Å². The van der Waals surface area contributed by atoms with E-state index in [2.05, 4.69) is 38.8 Å². The van der Waals surface area contributed by atoms with Crippen molar-refractivity contribution >= 4 is 5.95 Å². The van der Waals surface area contributed by atoms with Gasteiger partial charge in [-0.25, -0.2) is 19.9 Å². The fourth-order valence-electron chi connectivity index (χ4n) is 3.39. The van der Waals surface area contributed by atoms with E-state index in [9.17, 15) is 0 Å². The first-order valence-electron chi connectivity index (χ1n) is 8.50. The van der Waals surface area contributed by atoms with E-state index in [0.29, 0.717) is 0 Å². The first-order chi connectivity index (χ1) is 11.4. The van der Waals surface area contributed by atoms with Crippen molar-refractivity contribution < 1.29 is 0 Å². The molecule has 0 N–H and O–H groups in total. The lowest BCUT2D eigenvalue weighted by Crippen LogP contribution is -2.28. The Hall–Kier alpha value is -2.08. The molecule has 0 aromatic carbocycles. The van der Waals surface area contributed by atoms with Gasteiger partial charge >= 0.3 is 0 Å². The van der Waals surface area contributed by atoms with E-state index in [-0.39, 0.29) is 6.04 Å². The lowest BCUT2D eigenvalue weighted by Gasteiger charge is -2.27. The van der Waals surface area contributed by atoms with Gasteiger partial charge in [0.2, 0.25) is 5.95 Å². The van der Waals surface area contributed by atoms with Crippen LogP contribution in [0.25, 0.3) is 0 Å². The maximum Gasteiger partial charge on any atom is 0.226 e. The van der Waals surface area contributed by atoms with Crippen molar-refractivity contribution in [3.05, 3.63) is 40.7 Å². The van der Waals surface area contributed by atoms with Crippen LogP contribution in [0, 0.1) is 20.8 Å². The minimum Gasteiger partial charge on any atom is -0.332 e. The predicted molar refractivity (Wildman–Crippen MR) is 95.0 cm³/mol. The third-order valence-corrected chi connectivity index (χ3v) is 4.30. The topological polar surface area (TPSA) is 58.0 Å². The minimum absolute atomic E-state index is 0.225. The molecular formula is C18H26N6. The summed E-state index contributed by atoms with van der Waals surface area (Å²) in [5.41, 5.74) is 4.33. The molecule has 3 rings (SSSR count). The lowest BCUT2D eigenvalue weighted by atomic mass is 10.1. The summed E-state index contributed by atoms with van der Waals surface area (Å²) in [4.78, 5) is 23.0. The van der Waals surface area contributed by atoms with Crippen LogP contribution >= 0.6 is 0 Å². The van der Waals surface area contributed by atoms with Gasteiger partial charge in [0.25, 0.3) is 0 Å². The molecule has 0 unspecified atom stereocenters. The summed E-state index contributed by atoms with van der Waals surface area (Å²) in [6.45, 7) is 7.81. The zero-order valence-electron chi connectivity index (χ0n) is 15.2. The molecule has 3 heterocycles. The summed E-state index contributed by atoms with van der Waals surface area (Å²) in [5.74, 6) is 1.64. The van der Waals surface area contributed by atoms with E-state index in [4.69, 9.17) is 4.98 Å². The second-order valence-electron chi connectivity index (χ2n) is 6.87. The molecule has 1 saturated heterocycles. The highest BCUT2D eigenvalue weighted by Crippen LogP contribution is 2.35. The van der Waals surface area contributed by atoms with Crippen LogP contribution in [0.3, 0.4) is 0 Å². The molecule has 0 bridgehead atoms. The molecule has 1 aliphatic heterocycles. The highest BCUT2D eigenvalue weighted by molar-refractivity contribution is 5.39. The number of aromatic nitrogens is 4. The molecule has 6 heteroatoms. The van der Waals surface area contributed by atoms with E-state index < -0.39 is 0 Å². The molecule has 0 saturated carbocycles. The maximum atomic E-state index is 4.79. The Morgan fingerprint density at radius 1 is 1.12 bits per heavy atom. The second kappa shape index (κ2) is 6.81. The van der Waals surface area contributed by atoms with Gasteiger partial charge in [-0.15, -0.1) is 0 Å². The predicted octanol–water partition coefficient (Wildman–Crippen LogP) is 2.59. The number of hydrogen-bond donors (Lipinski definition) is 0. The Kier molecular flexibility index (Phi) is 4.76. The highest BCUT2D eigenvalue weighted by atomic mass is 15.3. The molecule has 0 aliphatic carbocycles. The highest BCUT2D eigenvalue weighted by Gasteiger charge is 2.31. The van der Waals surface area contributed by atoms with E-state index in [1.165, 1.54) is 5.56 Å². The summed E-state index contributed by atoms with van der Waals surface area (Å²) < 4.78 is 0. The first kappa shape index (κ1) is 16.8. The summed E-state index contributed by atoms with van der Waals surface area (Å²) in [6.07, 6.45) is 4.18. The van der Waals surface area contributed by atoms with Gasteiger partial charge in [-0.1, -0.05) is 0 Å². The number of rotatable bonds is 4. The van der Waals surface area contributed by atoms with Crippen molar-refractivity contribution in [2.75, 3.05) is 25.5 Å². The number of nitrogens with zero attached hydrogens (tertiary/aromatic N) is 6. The van der Waals surface area contributed by atoms with E-state index in [1.807, 2.05) is 33.0 Å². The average Bonchev–Trinajstić information content (AvgIpc) is 2.97. The third-order valence-electron chi connectivity index (χ3n) is 4.30. The minimum atomic E-state index is 0.225. The average molecular weight is 326 g/mol. The number of aryl methyl sites for hydroxylation is 3. The van der Waals surface area contributed by atoms with Gasteiger partial charge in [0.1, 0.15) is 5.82 Å². The standard InChI is InChI=1S/C18H26N6/c1-12-9-13(2)21-18(20-12)24-8-6-7-16(24)17-15(11-23(4)5)10-19-14(3)22-17/h9-10,16H,6-8,11H2,1-5H3/t16-/m1/s1. The largest absolute Gasteiger partial charge is 0.332 e. The monoisotopic (exact) mass is 326 g/mol. The van der Waals surface area contributed by atoms with Crippen LogP contribution in [0.1, 0.15) is 47.4 Å². The summed E-state index contributed by atoms with van der Waals surface area (Å²) >= 11 is 0. The van der Waals surface area contributed by atoms with Gasteiger partial charge in [-0.05, 0) is 53.8 Å². The zero-order valence-corrected chi connectivity index (χ0v) is 15.2. The molecule has 6 nitrogen and oxygen atoms in total. The molecular weight excluding hydrogens is 300 g/mol. The van der Waals surface area contributed by atoms with Crippen molar-refractivity contribution in [3.8, 4) is 0 Å². The Balaban J connectivity index is 2.00. The van der Waals surface area contributed by atoms with Crippen molar-refractivity contribution in [1.29, 1.82) is 0 Å². The SMILES string of the molecule is Cc1cc(C)nc(N2CCC[C@@H]2c2nc(C)ncc2CN(C)C)n1. The van der Waals surface area contributed by atoms with Crippen molar-refractivity contribution in [3.63, 3.8) is 0 Å². The molecule has 1 fully saturated rings. The Bertz CT molecular complexity index is 707. The van der Waals surface area contributed by atoms with Crippen molar-refractivity contribution in [1.82, 2.24) is 24.8 Å². The third kappa shape index (κ3) is 3.53. The molecule has 1 atom stereocenters. The molecule has 1 aliphatic rings. The van der Waals surface area contributed by atoms with E-state index in [0.717, 1.165) is 54.8 Å². The molecule has 2 aromatic rings. The fourth-order valence-corrected chi connectivity index (χ4v) is 3.39. The smallest absolute Gasteiger partial charge is 0.226 e. The van der Waals surface area contributed by atoms with Crippen molar-refractivity contribution in [2.45, 2.75) is 46.2 Å². The first-order valence-corrected chi connectivity index (χ1v) is 8.50. The van der Waals surface area contributed by atoms with Gasteiger partial charge < -0.3 is 9.80 Å². The zero-order chi connectivity index (χ0) is 17.3. The Morgan fingerprint density at radius 2 is 1.83 bits per heavy atom. The summed E-state index contributed by atoms with van der Waals surface area (Å²) in [5, 5.41) is 0. The van der Waals surface area contributed by atoms with Gasteiger partial charge in [-0.2, -0.15) is 0 Å². The van der Waals surface area contributed by atoms with Crippen molar-refractivity contribution in [2.24, 2.45) is 0 Å². The van der Waals surface area contributed by atoms with E-state index >= 15 is 0 Å². The van der Waals surface area contributed by atoms with Gasteiger partial charge in [0.15, 0.2) is 0 Å². The molecule has 0 amide bonds. The Labute approximate surface area is 144 Å². The molecule has 128 valence electrons. The van der Waals surface area contributed by atoms with Crippen LogP contribution in [-0.4, -0.2) is 45.5 Å². The van der Waals surface area contributed by atoms with Crippen LogP contribution in [0.2, 0.25) is 0 Å². The van der Waals surface area contributed by atoms with Gasteiger partial charge in [-0.3, -0.25) is 0 Å². The molecule has 0 radical (unpaired) electrons. The second-order valence-corrected chi connectivity index (χ2v) is 6.87. The number of anilines is 1. The van der Waals surface area contributed by atoms with Gasteiger partial charge in [0.05, 0.1) is 11.7 Å². The normalized spacial score (nSPS) is 17.8. The Morgan fingerprint density at radius 3 is 2.50 bits per heavy atom. The molecule has 24 heavy (non-hydrogen) atoms. The number of hydrogen-bond acceptors (Lipinski definition) is 6. The lowest BCUT2D eigenvalue weighted by molar-refractivity contribution is 0.397. The van der Waals surface area contributed by atoms with Crippen LogP contribution in [0.15, 0.2) is 12.3 Å².